The van der Waals surface area contributed by atoms with Crippen molar-refractivity contribution >= 4 is 27.5 Å². The number of benzene rings is 1. The first-order valence-electron chi connectivity index (χ1n) is 3.93. The van der Waals surface area contributed by atoms with Gasteiger partial charge in [-0.1, -0.05) is 16.7 Å². The molecule has 1 aromatic rings. The van der Waals surface area contributed by atoms with Gasteiger partial charge >= 0.3 is 0 Å². The van der Waals surface area contributed by atoms with Crippen LogP contribution in [0, 0.1) is 5.82 Å². The highest BCUT2D eigenvalue weighted by Gasteiger charge is 2.07. The first-order chi connectivity index (χ1) is 7.15. The van der Waals surface area contributed by atoms with Crippen LogP contribution in [-0.2, 0) is 0 Å². The topological polar surface area (TPSA) is 58.0 Å². The van der Waals surface area contributed by atoms with Gasteiger partial charge in [-0.2, -0.15) is 0 Å². The van der Waals surface area contributed by atoms with Crippen LogP contribution in [0.2, 0.25) is 5.02 Å². The molecule has 1 aromatic carbocycles. The van der Waals surface area contributed by atoms with Crippen molar-refractivity contribution in [2.75, 3.05) is 13.2 Å². The maximum Gasteiger partial charge on any atom is 0.145 e. The van der Waals surface area contributed by atoms with Gasteiger partial charge in [-0.05, 0) is 27.5 Å². The second-order valence-corrected chi connectivity index (χ2v) is 3.76. The molecule has 0 N–H and O–H groups in total. The van der Waals surface area contributed by atoms with E-state index in [1.807, 2.05) is 0 Å². The number of azide groups is 1. The van der Waals surface area contributed by atoms with Gasteiger partial charge < -0.3 is 4.74 Å². The zero-order chi connectivity index (χ0) is 11.3. The first kappa shape index (κ1) is 12.1. The minimum atomic E-state index is -0.557. The number of nitrogens with zero attached hydrogens (tertiary/aromatic N) is 3. The Morgan fingerprint density at radius 2 is 2.33 bits per heavy atom. The van der Waals surface area contributed by atoms with Gasteiger partial charge in [0.2, 0.25) is 0 Å². The molecule has 0 saturated carbocycles. The number of hydrogen-bond donors (Lipinski definition) is 0. The smallest absolute Gasteiger partial charge is 0.145 e. The van der Waals surface area contributed by atoms with Gasteiger partial charge in [0, 0.05) is 11.0 Å². The Hall–Kier alpha value is -0.970. The van der Waals surface area contributed by atoms with Crippen molar-refractivity contribution in [2.24, 2.45) is 5.11 Å². The standard InChI is InChI=1S/C8H6BrClFN3O/c9-5-3-6(10)7(11)4-8(5)15-2-1-13-14-12/h3-4H,1-2H2. The Morgan fingerprint density at radius 1 is 1.60 bits per heavy atom. The van der Waals surface area contributed by atoms with E-state index in [1.165, 1.54) is 12.1 Å². The summed E-state index contributed by atoms with van der Waals surface area (Å²) >= 11 is 8.71. The lowest BCUT2D eigenvalue weighted by molar-refractivity contribution is 0.324. The predicted octanol–water partition coefficient (Wildman–Crippen LogP) is 3.93. The van der Waals surface area contributed by atoms with Gasteiger partial charge in [0.05, 0.1) is 22.6 Å². The molecule has 0 radical (unpaired) electrons. The van der Waals surface area contributed by atoms with Crippen molar-refractivity contribution < 1.29 is 9.13 Å². The average molecular weight is 295 g/mol. The zero-order valence-electron chi connectivity index (χ0n) is 7.45. The zero-order valence-corrected chi connectivity index (χ0v) is 9.79. The third kappa shape index (κ3) is 3.58. The molecular formula is C8H6BrClFN3O. The lowest BCUT2D eigenvalue weighted by Gasteiger charge is -2.07. The summed E-state index contributed by atoms with van der Waals surface area (Å²) in [6.45, 7) is 0.372. The Balaban J connectivity index is 2.68. The van der Waals surface area contributed by atoms with E-state index in [4.69, 9.17) is 21.9 Å². The molecule has 80 valence electrons. The fourth-order valence-corrected chi connectivity index (χ4v) is 1.61. The van der Waals surface area contributed by atoms with Crippen LogP contribution in [0.4, 0.5) is 4.39 Å². The van der Waals surface area contributed by atoms with Crippen LogP contribution < -0.4 is 4.74 Å². The van der Waals surface area contributed by atoms with E-state index in [0.717, 1.165) is 0 Å². The molecule has 7 heteroatoms. The van der Waals surface area contributed by atoms with Gasteiger partial charge in [-0.15, -0.1) is 0 Å². The second kappa shape index (κ2) is 5.80. The lowest BCUT2D eigenvalue weighted by atomic mass is 10.3. The normalized spacial score (nSPS) is 9.53. The molecule has 0 aromatic heterocycles. The number of hydrogen-bond acceptors (Lipinski definition) is 2. The number of ether oxygens (including phenoxy) is 1. The second-order valence-electron chi connectivity index (χ2n) is 2.50. The summed E-state index contributed by atoms with van der Waals surface area (Å²) in [5.41, 5.74) is 8.01. The minimum absolute atomic E-state index is 0.0178. The van der Waals surface area contributed by atoms with E-state index in [1.54, 1.807) is 0 Å². The highest BCUT2D eigenvalue weighted by molar-refractivity contribution is 9.10. The third-order valence-electron chi connectivity index (χ3n) is 1.49. The SMILES string of the molecule is [N-]=[N+]=NCCOc1cc(F)c(Cl)cc1Br. The van der Waals surface area contributed by atoms with E-state index >= 15 is 0 Å². The van der Waals surface area contributed by atoms with E-state index in [2.05, 4.69) is 26.0 Å². The van der Waals surface area contributed by atoms with E-state index in [9.17, 15) is 4.39 Å². The fraction of sp³-hybridized carbons (Fsp3) is 0.250. The van der Waals surface area contributed by atoms with Gasteiger partial charge in [0.1, 0.15) is 11.6 Å². The van der Waals surface area contributed by atoms with Crippen LogP contribution in [0.1, 0.15) is 0 Å². The molecular weight excluding hydrogens is 288 g/mol. The summed E-state index contributed by atoms with van der Waals surface area (Å²) in [6, 6.07) is 2.57. The van der Waals surface area contributed by atoms with Crippen LogP contribution in [0.5, 0.6) is 5.75 Å². The Labute approximate surface area is 98.7 Å². The van der Waals surface area contributed by atoms with Gasteiger partial charge in [0.25, 0.3) is 0 Å². The molecule has 0 aliphatic rings. The first-order valence-corrected chi connectivity index (χ1v) is 5.10. The summed E-state index contributed by atoms with van der Waals surface area (Å²) < 4.78 is 18.7. The molecule has 0 heterocycles. The minimum Gasteiger partial charge on any atom is -0.492 e. The van der Waals surface area contributed by atoms with Crippen molar-refractivity contribution in [3.05, 3.63) is 37.9 Å². The molecule has 0 unspecified atom stereocenters. The predicted molar refractivity (Wildman–Crippen MR) is 58.6 cm³/mol. The monoisotopic (exact) mass is 293 g/mol. The van der Waals surface area contributed by atoms with Crippen molar-refractivity contribution in [1.82, 2.24) is 0 Å². The molecule has 15 heavy (non-hydrogen) atoms. The maximum absolute atomic E-state index is 13.0. The molecule has 1 rings (SSSR count). The van der Waals surface area contributed by atoms with Crippen LogP contribution in [0.25, 0.3) is 10.4 Å². The highest BCUT2D eigenvalue weighted by Crippen LogP contribution is 2.30. The largest absolute Gasteiger partial charge is 0.492 e. The molecule has 4 nitrogen and oxygen atoms in total. The molecule has 0 aliphatic carbocycles. The fourth-order valence-electron chi connectivity index (χ4n) is 0.856. The Morgan fingerprint density at radius 3 is 3.00 bits per heavy atom. The van der Waals surface area contributed by atoms with Gasteiger partial charge in [-0.25, -0.2) is 4.39 Å². The van der Waals surface area contributed by atoms with E-state index in [-0.39, 0.29) is 18.2 Å². The van der Waals surface area contributed by atoms with E-state index in [0.29, 0.717) is 10.2 Å². The third-order valence-corrected chi connectivity index (χ3v) is 2.40. The Kier molecular flexibility index (Phi) is 4.68. The summed E-state index contributed by atoms with van der Waals surface area (Å²) in [4.78, 5) is 2.56. The van der Waals surface area contributed by atoms with Crippen LogP contribution in [0.15, 0.2) is 21.7 Å². The summed E-state index contributed by atoms with van der Waals surface area (Å²) in [5, 5.41) is 3.29. The lowest BCUT2D eigenvalue weighted by Crippen LogP contribution is -2.01. The van der Waals surface area contributed by atoms with Crippen LogP contribution >= 0.6 is 27.5 Å². The van der Waals surface area contributed by atoms with Crippen molar-refractivity contribution in [3.8, 4) is 5.75 Å². The summed E-state index contributed by atoms with van der Waals surface area (Å²) in [5.74, 6) is -0.233. The molecule has 0 amide bonds. The van der Waals surface area contributed by atoms with Gasteiger partial charge in [0.15, 0.2) is 0 Å². The highest BCUT2D eigenvalue weighted by atomic mass is 79.9. The number of halogens is 3. The molecule has 0 fully saturated rings. The maximum atomic E-state index is 13.0. The van der Waals surface area contributed by atoms with Crippen LogP contribution in [-0.4, -0.2) is 13.2 Å². The molecule has 0 aliphatic heterocycles. The molecule has 0 atom stereocenters. The number of rotatable bonds is 4. The van der Waals surface area contributed by atoms with Crippen molar-refractivity contribution in [2.45, 2.75) is 0 Å². The van der Waals surface area contributed by atoms with Gasteiger partial charge in [-0.3, -0.25) is 0 Å². The molecule has 0 saturated heterocycles. The summed E-state index contributed by atoms with van der Waals surface area (Å²) in [6.07, 6.45) is 0. The summed E-state index contributed by atoms with van der Waals surface area (Å²) in [7, 11) is 0. The molecule has 0 bridgehead atoms. The van der Waals surface area contributed by atoms with Crippen LogP contribution in [0.3, 0.4) is 0 Å². The average Bonchev–Trinajstić information content (AvgIpc) is 2.20. The van der Waals surface area contributed by atoms with Crippen molar-refractivity contribution in [1.29, 1.82) is 0 Å². The Bertz CT molecular complexity index is 409. The molecule has 0 spiro atoms. The van der Waals surface area contributed by atoms with Crippen molar-refractivity contribution in [3.63, 3.8) is 0 Å². The van der Waals surface area contributed by atoms with E-state index < -0.39 is 5.82 Å². The quantitative estimate of drug-likeness (QED) is 0.273.